The summed E-state index contributed by atoms with van der Waals surface area (Å²) in [6.07, 6.45) is 3.79. The Kier molecular flexibility index (Phi) is 3.14. The molecule has 1 aromatic heterocycles. The number of aromatic nitrogens is 2. The van der Waals surface area contributed by atoms with Crippen molar-refractivity contribution in [3.63, 3.8) is 0 Å². The first kappa shape index (κ1) is 12.7. The number of aliphatic carboxylic acids is 1. The molecule has 1 heterocycles. The lowest BCUT2D eigenvalue weighted by atomic mass is 10.1. The number of carbonyl (C=O) groups excluding carboxylic acids is 1. The molecule has 1 aliphatic carbocycles. The summed E-state index contributed by atoms with van der Waals surface area (Å²) in [5.74, 6) is -0.762. The van der Waals surface area contributed by atoms with Crippen LogP contribution in [0.4, 0.5) is 0 Å². The highest BCUT2D eigenvalue weighted by Crippen LogP contribution is 2.30. The molecular formula is C14H15N3O3. The number of hydrogen-bond donors (Lipinski definition) is 2. The van der Waals surface area contributed by atoms with Gasteiger partial charge in [-0.2, -0.15) is 5.10 Å². The van der Waals surface area contributed by atoms with E-state index in [2.05, 4.69) is 10.2 Å². The van der Waals surface area contributed by atoms with Gasteiger partial charge in [-0.25, -0.2) is 0 Å². The SMILES string of the molecule is O=C(O)CN(CC1CC1)C(=O)c1ccc2[nH]ncc2c1. The van der Waals surface area contributed by atoms with Crippen LogP contribution in [0.3, 0.4) is 0 Å². The van der Waals surface area contributed by atoms with Gasteiger partial charge in [-0.15, -0.1) is 0 Å². The molecule has 20 heavy (non-hydrogen) atoms. The maximum absolute atomic E-state index is 12.4. The summed E-state index contributed by atoms with van der Waals surface area (Å²) < 4.78 is 0. The number of nitrogens with one attached hydrogen (secondary N) is 1. The summed E-state index contributed by atoms with van der Waals surface area (Å²) >= 11 is 0. The van der Waals surface area contributed by atoms with Gasteiger partial charge >= 0.3 is 5.97 Å². The van der Waals surface area contributed by atoms with Crippen molar-refractivity contribution in [3.8, 4) is 0 Å². The van der Waals surface area contributed by atoms with Crippen molar-refractivity contribution in [2.24, 2.45) is 5.92 Å². The third-order valence-electron chi connectivity index (χ3n) is 3.48. The van der Waals surface area contributed by atoms with E-state index in [9.17, 15) is 9.59 Å². The van der Waals surface area contributed by atoms with E-state index in [1.54, 1.807) is 24.4 Å². The van der Waals surface area contributed by atoms with Crippen molar-refractivity contribution >= 4 is 22.8 Å². The van der Waals surface area contributed by atoms with Crippen LogP contribution in [0.2, 0.25) is 0 Å². The Hall–Kier alpha value is -2.37. The molecule has 0 unspecified atom stereocenters. The Morgan fingerprint density at radius 1 is 1.40 bits per heavy atom. The summed E-state index contributed by atoms with van der Waals surface area (Å²) in [5.41, 5.74) is 1.36. The fourth-order valence-electron chi connectivity index (χ4n) is 2.25. The number of benzene rings is 1. The summed E-state index contributed by atoms with van der Waals surface area (Å²) in [4.78, 5) is 24.8. The lowest BCUT2D eigenvalue weighted by Crippen LogP contribution is -2.37. The second kappa shape index (κ2) is 4.96. The molecule has 2 aromatic rings. The van der Waals surface area contributed by atoms with E-state index < -0.39 is 5.97 Å². The van der Waals surface area contributed by atoms with E-state index in [1.807, 2.05) is 0 Å². The number of hydrogen-bond acceptors (Lipinski definition) is 3. The van der Waals surface area contributed by atoms with Crippen LogP contribution in [-0.2, 0) is 4.79 Å². The van der Waals surface area contributed by atoms with Crippen LogP contribution in [0.25, 0.3) is 10.9 Å². The van der Waals surface area contributed by atoms with Gasteiger partial charge in [0.25, 0.3) is 5.91 Å². The van der Waals surface area contributed by atoms with Crippen LogP contribution in [0.1, 0.15) is 23.2 Å². The molecule has 0 aliphatic heterocycles. The third kappa shape index (κ3) is 2.64. The van der Waals surface area contributed by atoms with Crippen LogP contribution in [0, 0.1) is 5.92 Å². The monoisotopic (exact) mass is 273 g/mol. The molecule has 1 aliphatic rings. The van der Waals surface area contributed by atoms with Gasteiger partial charge < -0.3 is 10.0 Å². The van der Waals surface area contributed by atoms with Crippen LogP contribution in [0.5, 0.6) is 0 Å². The van der Waals surface area contributed by atoms with Gasteiger partial charge in [-0.3, -0.25) is 14.7 Å². The van der Waals surface area contributed by atoms with Crippen LogP contribution >= 0.6 is 0 Å². The Morgan fingerprint density at radius 3 is 2.90 bits per heavy atom. The molecule has 2 N–H and O–H groups in total. The summed E-state index contributed by atoms with van der Waals surface area (Å²) in [5, 5.41) is 16.5. The lowest BCUT2D eigenvalue weighted by Gasteiger charge is -2.20. The van der Waals surface area contributed by atoms with E-state index in [4.69, 9.17) is 5.11 Å². The number of nitrogens with zero attached hydrogens (tertiary/aromatic N) is 2. The Morgan fingerprint density at radius 2 is 2.20 bits per heavy atom. The lowest BCUT2D eigenvalue weighted by molar-refractivity contribution is -0.137. The average Bonchev–Trinajstić information content (AvgIpc) is 3.11. The third-order valence-corrected chi connectivity index (χ3v) is 3.48. The van der Waals surface area contributed by atoms with Crippen molar-refractivity contribution in [1.82, 2.24) is 15.1 Å². The number of carbonyl (C=O) groups is 2. The van der Waals surface area contributed by atoms with Gasteiger partial charge in [-0.05, 0) is 37.0 Å². The van der Waals surface area contributed by atoms with Crippen molar-refractivity contribution < 1.29 is 14.7 Å². The fourth-order valence-corrected chi connectivity index (χ4v) is 2.25. The zero-order chi connectivity index (χ0) is 14.1. The van der Waals surface area contributed by atoms with E-state index in [0.29, 0.717) is 18.0 Å². The Bertz CT molecular complexity index is 660. The zero-order valence-corrected chi connectivity index (χ0v) is 10.9. The maximum Gasteiger partial charge on any atom is 0.323 e. The molecule has 0 saturated heterocycles. The van der Waals surface area contributed by atoms with Gasteiger partial charge in [0.05, 0.1) is 11.7 Å². The molecule has 0 atom stereocenters. The minimum atomic E-state index is -0.983. The largest absolute Gasteiger partial charge is 0.480 e. The van der Waals surface area contributed by atoms with Crippen LogP contribution < -0.4 is 0 Å². The molecule has 0 spiro atoms. The predicted octanol–water partition coefficient (Wildman–Crippen LogP) is 1.50. The van der Waals surface area contributed by atoms with Gasteiger partial charge in [0, 0.05) is 17.5 Å². The van der Waals surface area contributed by atoms with Crippen molar-refractivity contribution in [2.75, 3.05) is 13.1 Å². The molecule has 6 heteroatoms. The van der Waals surface area contributed by atoms with Crippen molar-refractivity contribution in [1.29, 1.82) is 0 Å². The standard InChI is InChI=1S/C14H15N3O3/c18-13(19)8-17(7-9-1-2-9)14(20)10-3-4-12-11(5-10)6-15-16-12/h3-6,9H,1-2,7-8H2,(H,15,16)(H,18,19). The van der Waals surface area contributed by atoms with Gasteiger partial charge in [0.1, 0.15) is 6.54 Å². The normalized spacial score (nSPS) is 14.4. The summed E-state index contributed by atoms with van der Waals surface area (Å²) in [6.45, 7) is 0.271. The molecule has 0 bridgehead atoms. The van der Waals surface area contributed by atoms with E-state index in [-0.39, 0.29) is 12.5 Å². The first-order chi connectivity index (χ1) is 9.63. The van der Waals surface area contributed by atoms with E-state index in [1.165, 1.54) is 4.90 Å². The van der Waals surface area contributed by atoms with Crippen molar-refractivity contribution in [2.45, 2.75) is 12.8 Å². The van der Waals surface area contributed by atoms with Crippen molar-refractivity contribution in [3.05, 3.63) is 30.0 Å². The molecule has 104 valence electrons. The summed E-state index contributed by atoms with van der Waals surface area (Å²) in [6, 6.07) is 5.22. The van der Waals surface area contributed by atoms with Gasteiger partial charge in [0.2, 0.25) is 0 Å². The number of amides is 1. The number of carboxylic acids is 1. The van der Waals surface area contributed by atoms with Gasteiger partial charge in [-0.1, -0.05) is 0 Å². The minimum absolute atomic E-state index is 0.234. The highest BCUT2D eigenvalue weighted by molar-refractivity contribution is 5.99. The Balaban J connectivity index is 1.84. The Labute approximate surface area is 115 Å². The number of H-pyrrole nitrogens is 1. The zero-order valence-electron chi connectivity index (χ0n) is 10.9. The van der Waals surface area contributed by atoms with Crippen LogP contribution in [-0.4, -0.2) is 45.2 Å². The smallest absolute Gasteiger partial charge is 0.323 e. The topological polar surface area (TPSA) is 86.3 Å². The van der Waals surface area contributed by atoms with E-state index >= 15 is 0 Å². The molecule has 1 fully saturated rings. The first-order valence-corrected chi connectivity index (χ1v) is 6.57. The van der Waals surface area contributed by atoms with Gasteiger partial charge in [0.15, 0.2) is 0 Å². The second-order valence-electron chi connectivity index (χ2n) is 5.19. The maximum atomic E-state index is 12.4. The quantitative estimate of drug-likeness (QED) is 0.864. The number of fused-ring (bicyclic) bond motifs is 1. The molecule has 0 radical (unpaired) electrons. The summed E-state index contributed by atoms with van der Waals surface area (Å²) in [7, 11) is 0. The fraction of sp³-hybridized carbons (Fsp3) is 0.357. The molecular weight excluding hydrogens is 258 g/mol. The number of aromatic amines is 1. The van der Waals surface area contributed by atoms with Crippen LogP contribution in [0.15, 0.2) is 24.4 Å². The molecule has 3 rings (SSSR count). The number of carboxylic acid groups (broad SMARTS) is 1. The first-order valence-electron chi connectivity index (χ1n) is 6.57. The second-order valence-corrected chi connectivity index (χ2v) is 5.19. The number of rotatable bonds is 5. The molecule has 1 saturated carbocycles. The molecule has 1 aromatic carbocycles. The average molecular weight is 273 g/mol. The highest BCUT2D eigenvalue weighted by Gasteiger charge is 2.28. The predicted molar refractivity (Wildman–Crippen MR) is 72.4 cm³/mol. The molecule has 6 nitrogen and oxygen atoms in total. The highest BCUT2D eigenvalue weighted by atomic mass is 16.4. The minimum Gasteiger partial charge on any atom is -0.480 e. The molecule has 1 amide bonds. The van der Waals surface area contributed by atoms with E-state index in [0.717, 1.165) is 23.7 Å².